The van der Waals surface area contributed by atoms with Gasteiger partial charge in [-0.25, -0.2) is 0 Å². The zero-order valence-corrected chi connectivity index (χ0v) is 8.65. The van der Waals surface area contributed by atoms with Crippen molar-refractivity contribution in [2.24, 2.45) is 5.41 Å². The minimum Gasteiger partial charge on any atom is -0.295 e. The van der Waals surface area contributed by atoms with Crippen LogP contribution in [0.1, 0.15) is 52.4 Å². The molecule has 1 unspecified atom stereocenters. The first kappa shape index (κ1) is 8.98. The molecule has 0 aliphatic heterocycles. The summed E-state index contributed by atoms with van der Waals surface area (Å²) in [4.78, 5) is 11.5. The minimum absolute atomic E-state index is 0.385. The van der Waals surface area contributed by atoms with Crippen molar-refractivity contribution in [3.63, 3.8) is 0 Å². The van der Waals surface area contributed by atoms with E-state index in [1.54, 1.807) is 0 Å². The van der Waals surface area contributed by atoms with Gasteiger partial charge < -0.3 is 0 Å². The maximum atomic E-state index is 11.5. The third-order valence-electron chi connectivity index (χ3n) is 3.91. The Morgan fingerprint density at radius 1 is 1.15 bits per heavy atom. The normalized spacial score (nSPS) is 34.8. The van der Waals surface area contributed by atoms with Crippen LogP contribution in [0.3, 0.4) is 0 Å². The smallest absolute Gasteiger partial charge is 0.158 e. The molecular formula is C12H18O. The molecule has 2 aliphatic rings. The van der Waals surface area contributed by atoms with Crippen LogP contribution in [-0.2, 0) is 4.79 Å². The van der Waals surface area contributed by atoms with Gasteiger partial charge in [0.25, 0.3) is 0 Å². The Hall–Kier alpha value is -0.590. The van der Waals surface area contributed by atoms with Crippen molar-refractivity contribution >= 4 is 5.78 Å². The number of fused-ring (bicyclic) bond motifs is 1. The first-order chi connectivity index (χ1) is 6.13. The average molecular weight is 178 g/mol. The maximum Gasteiger partial charge on any atom is 0.158 e. The van der Waals surface area contributed by atoms with Gasteiger partial charge in [0.05, 0.1) is 0 Å². The number of hydrogen-bond acceptors (Lipinski definition) is 1. The second-order valence-electron chi connectivity index (χ2n) is 4.79. The Bertz CT molecular complexity index is 275. The van der Waals surface area contributed by atoms with E-state index in [0.717, 1.165) is 18.4 Å². The highest BCUT2D eigenvalue weighted by atomic mass is 16.1. The molecular weight excluding hydrogens is 160 g/mol. The minimum atomic E-state index is 0.385. The predicted octanol–water partition coefficient (Wildman–Crippen LogP) is 3.25. The van der Waals surface area contributed by atoms with Crippen molar-refractivity contribution in [3.05, 3.63) is 11.1 Å². The third kappa shape index (κ3) is 1.34. The molecule has 1 saturated carbocycles. The molecule has 0 bridgehead atoms. The van der Waals surface area contributed by atoms with Gasteiger partial charge in [-0.15, -0.1) is 0 Å². The summed E-state index contributed by atoms with van der Waals surface area (Å²) in [7, 11) is 0. The van der Waals surface area contributed by atoms with Gasteiger partial charge in [0.2, 0.25) is 0 Å². The molecule has 72 valence electrons. The number of ketones is 1. The van der Waals surface area contributed by atoms with Crippen molar-refractivity contribution in [3.8, 4) is 0 Å². The van der Waals surface area contributed by atoms with Crippen LogP contribution in [0.5, 0.6) is 0 Å². The van der Waals surface area contributed by atoms with Crippen LogP contribution in [0.25, 0.3) is 0 Å². The van der Waals surface area contributed by atoms with E-state index in [2.05, 4.69) is 6.92 Å². The lowest BCUT2D eigenvalue weighted by Crippen LogP contribution is -2.30. The fourth-order valence-electron chi connectivity index (χ4n) is 2.93. The average Bonchev–Trinajstić information content (AvgIpc) is 2.12. The summed E-state index contributed by atoms with van der Waals surface area (Å²) in [5.41, 5.74) is 2.96. The second kappa shape index (κ2) is 2.97. The Labute approximate surface area is 80.2 Å². The zero-order valence-electron chi connectivity index (χ0n) is 8.65. The van der Waals surface area contributed by atoms with E-state index in [4.69, 9.17) is 0 Å². The lowest BCUT2D eigenvalue weighted by molar-refractivity contribution is -0.116. The van der Waals surface area contributed by atoms with Gasteiger partial charge in [-0.3, -0.25) is 4.79 Å². The summed E-state index contributed by atoms with van der Waals surface area (Å²) in [6.07, 6.45) is 6.99. The number of hydrogen-bond donors (Lipinski definition) is 0. The lowest BCUT2D eigenvalue weighted by atomic mass is 9.64. The van der Waals surface area contributed by atoms with Crippen LogP contribution in [0.4, 0.5) is 0 Å². The van der Waals surface area contributed by atoms with E-state index in [1.165, 1.54) is 31.3 Å². The Balaban J connectivity index is 2.40. The molecule has 1 fully saturated rings. The summed E-state index contributed by atoms with van der Waals surface area (Å²) < 4.78 is 0. The largest absolute Gasteiger partial charge is 0.295 e. The van der Waals surface area contributed by atoms with Crippen molar-refractivity contribution in [1.29, 1.82) is 0 Å². The van der Waals surface area contributed by atoms with Gasteiger partial charge in [-0.1, -0.05) is 18.9 Å². The van der Waals surface area contributed by atoms with E-state index in [1.807, 2.05) is 6.92 Å². The molecule has 0 radical (unpaired) electrons. The summed E-state index contributed by atoms with van der Waals surface area (Å²) in [6.45, 7) is 4.37. The van der Waals surface area contributed by atoms with Crippen LogP contribution in [0, 0.1) is 5.41 Å². The van der Waals surface area contributed by atoms with Gasteiger partial charge in [-0.05, 0) is 43.6 Å². The predicted molar refractivity (Wildman–Crippen MR) is 53.5 cm³/mol. The fourth-order valence-corrected chi connectivity index (χ4v) is 2.93. The molecule has 0 amide bonds. The monoisotopic (exact) mass is 178 g/mol. The van der Waals surface area contributed by atoms with E-state index in [0.29, 0.717) is 11.2 Å². The van der Waals surface area contributed by atoms with E-state index >= 15 is 0 Å². The number of Topliss-reactive ketones (excluding diaryl/α,β-unsaturated/α-hetero) is 1. The summed E-state index contributed by atoms with van der Waals surface area (Å²) >= 11 is 0. The zero-order chi connectivity index (χ0) is 9.47. The molecule has 0 aromatic carbocycles. The summed E-state index contributed by atoms with van der Waals surface area (Å²) in [5, 5.41) is 0. The van der Waals surface area contributed by atoms with Gasteiger partial charge in [0, 0.05) is 6.42 Å². The van der Waals surface area contributed by atoms with Gasteiger partial charge in [0.1, 0.15) is 0 Å². The number of carbonyl (C=O) groups excluding carboxylic acids is 1. The van der Waals surface area contributed by atoms with Crippen LogP contribution >= 0.6 is 0 Å². The number of allylic oxidation sites excluding steroid dienone is 2. The molecule has 0 aromatic rings. The molecule has 0 N–H and O–H groups in total. The Morgan fingerprint density at radius 2 is 1.92 bits per heavy atom. The molecule has 0 spiro atoms. The highest BCUT2D eigenvalue weighted by molar-refractivity contribution is 5.96. The SMILES string of the molecule is CC1=C2CCCCC2(C)CCC1=O. The topological polar surface area (TPSA) is 17.1 Å². The van der Waals surface area contributed by atoms with E-state index in [9.17, 15) is 4.79 Å². The molecule has 2 rings (SSSR count). The molecule has 0 aromatic heterocycles. The van der Waals surface area contributed by atoms with E-state index < -0.39 is 0 Å². The quantitative estimate of drug-likeness (QED) is 0.556. The van der Waals surface area contributed by atoms with Gasteiger partial charge >= 0.3 is 0 Å². The molecule has 0 saturated heterocycles. The van der Waals surface area contributed by atoms with Crippen molar-refractivity contribution in [2.45, 2.75) is 52.4 Å². The molecule has 1 nitrogen and oxygen atoms in total. The number of carbonyl (C=O) groups is 1. The molecule has 1 heteroatoms. The third-order valence-corrected chi connectivity index (χ3v) is 3.91. The van der Waals surface area contributed by atoms with Gasteiger partial charge in [0.15, 0.2) is 5.78 Å². The van der Waals surface area contributed by atoms with E-state index in [-0.39, 0.29) is 0 Å². The first-order valence-electron chi connectivity index (χ1n) is 5.37. The second-order valence-corrected chi connectivity index (χ2v) is 4.79. The van der Waals surface area contributed by atoms with Gasteiger partial charge in [-0.2, -0.15) is 0 Å². The van der Waals surface area contributed by atoms with Crippen molar-refractivity contribution in [2.75, 3.05) is 0 Å². The highest BCUT2D eigenvalue weighted by Gasteiger charge is 2.37. The standard InChI is InChI=1S/C12H18O/c1-9-10-5-3-4-7-12(10,2)8-6-11(9)13/h3-8H2,1-2H3. The molecule has 1 atom stereocenters. The first-order valence-corrected chi connectivity index (χ1v) is 5.37. The summed E-state index contributed by atoms with van der Waals surface area (Å²) in [5.74, 6) is 0.398. The molecule has 0 heterocycles. The van der Waals surface area contributed by atoms with Crippen LogP contribution in [-0.4, -0.2) is 5.78 Å². The number of rotatable bonds is 0. The van der Waals surface area contributed by atoms with Crippen LogP contribution < -0.4 is 0 Å². The summed E-state index contributed by atoms with van der Waals surface area (Å²) in [6, 6.07) is 0. The Kier molecular flexibility index (Phi) is 2.05. The maximum absolute atomic E-state index is 11.5. The highest BCUT2D eigenvalue weighted by Crippen LogP contribution is 2.48. The fraction of sp³-hybridized carbons (Fsp3) is 0.750. The lowest BCUT2D eigenvalue weighted by Gasteiger charge is -2.40. The van der Waals surface area contributed by atoms with Crippen molar-refractivity contribution in [1.82, 2.24) is 0 Å². The van der Waals surface area contributed by atoms with Crippen LogP contribution in [0.15, 0.2) is 11.1 Å². The van der Waals surface area contributed by atoms with Crippen molar-refractivity contribution < 1.29 is 4.79 Å². The molecule has 2 aliphatic carbocycles. The Morgan fingerprint density at radius 3 is 2.69 bits per heavy atom. The molecule has 13 heavy (non-hydrogen) atoms. The van der Waals surface area contributed by atoms with Crippen LogP contribution in [0.2, 0.25) is 0 Å².